The lowest BCUT2D eigenvalue weighted by molar-refractivity contribution is 0.0366. The molecule has 3 N–H and O–H groups in total. The average Bonchev–Trinajstić information content (AvgIpc) is 2.50. The number of thiocarbonyl (C=S) groups is 1. The largest absolute Gasteiger partial charge is 0.389 e. The molecule has 0 aliphatic rings. The molecule has 21 heavy (non-hydrogen) atoms. The van der Waals surface area contributed by atoms with Crippen LogP contribution in [0.25, 0.3) is 10.8 Å². The molecule has 4 nitrogen and oxygen atoms in total. The first-order chi connectivity index (χ1) is 10.2. The van der Waals surface area contributed by atoms with Crippen molar-refractivity contribution in [2.45, 2.75) is 6.10 Å². The van der Waals surface area contributed by atoms with E-state index < -0.39 is 0 Å². The van der Waals surface area contributed by atoms with E-state index in [1.54, 1.807) is 14.2 Å². The monoisotopic (exact) mass is 304 g/mol. The molecule has 0 aliphatic carbocycles. The van der Waals surface area contributed by atoms with Crippen LogP contribution < -0.4 is 11.1 Å². The number of benzene rings is 2. The minimum atomic E-state index is 0.00373. The van der Waals surface area contributed by atoms with E-state index in [9.17, 15) is 0 Å². The fourth-order valence-electron chi connectivity index (χ4n) is 2.29. The number of fused-ring (bicyclic) bond motifs is 1. The van der Waals surface area contributed by atoms with Crippen LogP contribution in [0.5, 0.6) is 0 Å². The van der Waals surface area contributed by atoms with Crippen LogP contribution >= 0.6 is 12.2 Å². The first-order valence-corrected chi connectivity index (χ1v) is 7.15. The zero-order valence-corrected chi connectivity index (χ0v) is 13.1. The lowest BCUT2D eigenvalue weighted by Gasteiger charge is -2.17. The number of nitrogens with one attached hydrogen (secondary N) is 1. The topological polar surface area (TPSA) is 56.5 Å². The molecule has 0 aromatic heterocycles. The minimum absolute atomic E-state index is 0.00373. The van der Waals surface area contributed by atoms with E-state index >= 15 is 0 Å². The van der Waals surface area contributed by atoms with Crippen LogP contribution in [0, 0.1) is 0 Å². The SMILES string of the molecule is COCC(CNc1ccc(C(N)=S)c2ccccc12)OC. The molecule has 0 amide bonds. The summed E-state index contributed by atoms with van der Waals surface area (Å²) in [7, 11) is 3.35. The Labute approximate surface area is 130 Å². The molecule has 0 bridgehead atoms. The van der Waals surface area contributed by atoms with Gasteiger partial charge in [0.2, 0.25) is 0 Å². The Kier molecular flexibility index (Phi) is 5.50. The quantitative estimate of drug-likeness (QED) is 0.770. The number of nitrogens with two attached hydrogens (primary N) is 1. The normalized spacial score (nSPS) is 12.3. The van der Waals surface area contributed by atoms with Crippen LogP contribution in [0.4, 0.5) is 5.69 Å². The van der Waals surface area contributed by atoms with Gasteiger partial charge in [-0.05, 0) is 17.5 Å². The predicted molar refractivity (Wildman–Crippen MR) is 91.0 cm³/mol. The molecule has 0 radical (unpaired) electrons. The Bertz CT molecular complexity index is 631. The Hall–Kier alpha value is -1.69. The smallest absolute Gasteiger partial charge is 0.104 e. The molecule has 0 heterocycles. The van der Waals surface area contributed by atoms with E-state index in [1.165, 1.54) is 0 Å². The van der Waals surface area contributed by atoms with Crippen molar-refractivity contribution in [2.75, 3.05) is 32.7 Å². The van der Waals surface area contributed by atoms with Crippen molar-refractivity contribution in [2.24, 2.45) is 5.73 Å². The van der Waals surface area contributed by atoms with Crippen molar-refractivity contribution in [1.29, 1.82) is 0 Å². The molecule has 0 spiro atoms. The second-order valence-corrected chi connectivity index (χ2v) is 5.20. The fourth-order valence-corrected chi connectivity index (χ4v) is 2.47. The molecular weight excluding hydrogens is 284 g/mol. The molecule has 0 fully saturated rings. The minimum Gasteiger partial charge on any atom is -0.389 e. The standard InChI is InChI=1S/C16H20N2O2S/c1-19-10-11(20-2)9-18-15-8-7-14(16(17)21)12-5-3-4-6-13(12)15/h3-8,11,18H,9-10H2,1-2H3,(H2,17,21). The summed E-state index contributed by atoms with van der Waals surface area (Å²) in [5.41, 5.74) is 7.71. The maximum atomic E-state index is 5.79. The first kappa shape index (κ1) is 15.7. The van der Waals surface area contributed by atoms with Crippen molar-refractivity contribution < 1.29 is 9.47 Å². The van der Waals surface area contributed by atoms with Crippen molar-refractivity contribution in [3.05, 3.63) is 42.0 Å². The summed E-state index contributed by atoms with van der Waals surface area (Å²) in [5, 5.41) is 5.54. The van der Waals surface area contributed by atoms with Crippen LogP contribution in [0.15, 0.2) is 36.4 Å². The second kappa shape index (κ2) is 7.36. The summed E-state index contributed by atoms with van der Waals surface area (Å²) >= 11 is 5.11. The van der Waals surface area contributed by atoms with Crippen LogP contribution in [0.3, 0.4) is 0 Å². The Balaban J connectivity index is 2.29. The van der Waals surface area contributed by atoms with Gasteiger partial charge in [0.25, 0.3) is 0 Å². The van der Waals surface area contributed by atoms with Crippen LogP contribution in [0.1, 0.15) is 5.56 Å². The highest BCUT2D eigenvalue weighted by atomic mass is 32.1. The van der Waals surface area contributed by atoms with Crippen LogP contribution in [-0.2, 0) is 9.47 Å². The molecule has 2 aromatic carbocycles. The predicted octanol–water partition coefficient (Wildman–Crippen LogP) is 2.55. The summed E-state index contributed by atoms with van der Waals surface area (Å²) in [6.45, 7) is 1.22. The fraction of sp³-hybridized carbons (Fsp3) is 0.312. The van der Waals surface area contributed by atoms with E-state index in [4.69, 9.17) is 27.4 Å². The highest BCUT2D eigenvalue weighted by molar-refractivity contribution is 7.80. The summed E-state index contributed by atoms with van der Waals surface area (Å²) in [5.74, 6) is 0. The van der Waals surface area contributed by atoms with Gasteiger partial charge in [0, 0.05) is 37.4 Å². The van der Waals surface area contributed by atoms with Gasteiger partial charge in [0.15, 0.2) is 0 Å². The van der Waals surface area contributed by atoms with Gasteiger partial charge in [0.05, 0.1) is 12.7 Å². The maximum absolute atomic E-state index is 5.79. The molecule has 5 heteroatoms. The number of rotatable bonds is 7. The third kappa shape index (κ3) is 3.69. The molecule has 1 atom stereocenters. The lowest BCUT2D eigenvalue weighted by Crippen LogP contribution is -2.26. The first-order valence-electron chi connectivity index (χ1n) is 6.74. The summed E-state index contributed by atoms with van der Waals surface area (Å²) in [6.07, 6.45) is 0.00373. The lowest BCUT2D eigenvalue weighted by atomic mass is 10.0. The average molecular weight is 304 g/mol. The number of anilines is 1. The van der Waals surface area contributed by atoms with Gasteiger partial charge >= 0.3 is 0 Å². The molecule has 2 rings (SSSR count). The van der Waals surface area contributed by atoms with Gasteiger partial charge in [-0.25, -0.2) is 0 Å². The van der Waals surface area contributed by atoms with Crippen LogP contribution in [-0.4, -0.2) is 38.5 Å². The number of methoxy groups -OCH3 is 2. The molecule has 2 aromatic rings. The number of hydrogen-bond acceptors (Lipinski definition) is 4. The van der Waals surface area contributed by atoms with Gasteiger partial charge in [0.1, 0.15) is 4.99 Å². The van der Waals surface area contributed by atoms with E-state index in [0.717, 1.165) is 22.0 Å². The van der Waals surface area contributed by atoms with Gasteiger partial charge in [-0.3, -0.25) is 0 Å². The van der Waals surface area contributed by atoms with Crippen molar-refractivity contribution in [3.8, 4) is 0 Å². The third-order valence-corrected chi connectivity index (χ3v) is 3.62. The van der Waals surface area contributed by atoms with Gasteiger partial charge < -0.3 is 20.5 Å². The van der Waals surface area contributed by atoms with Crippen molar-refractivity contribution in [1.82, 2.24) is 0 Å². The Morgan fingerprint density at radius 2 is 1.90 bits per heavy atom. The molecule has 0 aliphatic heterocycles. The van der Waals surface area contributed by atoms with E-state index in [-0.39, 0.29) is 6.10 Å². The van der Waals surface area contributed by atoms with Gasteiger partial charge in [-0.2, -0.15) is 0 Å². The summed E-state index contributed by atoms with van der Waals surface area (Å²) < 4.78 is 10.5. The van der Waals surface area contributed by atoms with Gasteiger partial charge in [-0.1, -0.05) is 36.5 Å². The third-order valence-electron chi connectivity index (χ3n) is 3.40. The second-order valence-electron chi connectivity index (χ2n) is 4.76. The maximum Gasteiger partial charge on any atom is 0.104 e. The van der Waals surface area contributed by atoms with E-state index in [0.29, 0.717) is 18.1 Å². The van der Waals surface area contributed by atoms with E-state index in [2.05, 4.69) is 11.4 Å². The molecule has 1 unspecified atom stereocenters. The molecule has 0 saturated heterocycles. The van der Waals surface area contributed by atoms with Crippen LogP contribution in [0.2, 0.25) is 0 Å². The zero-order chi connectivity index (χ0) is 15.2. The van der Waals surface area contributed by atoms with Crippen molar-refractivity contribution in [3.63, 3.8) is 0 Å². The van der Waals surface area contributed by atoms with Gasteiger partial charge in [-0.15, -0.1) is 0 Å². The zero-order valence-electron chi connectivity index (χ0n) is 12.3. The summed E-state index contributed by atoms with van der Waals surface area (Å²) in [6, 6.07) is 12.0. The Morgan fingerprint density at radius 3 is 2.52 bits per heavy atom. The molecule has 0 saturated carbocycles. The highest BCUT2D eigenvalue weighted by Gasteiger charge is 2.10. The molecular formula is C16H20N2O2S. The van der Waals surface area contributed by atoms with E-state index in [1.807, 2.05) is 30.3 Å². The summed E-state index contributed by atoms with van der Waals surface area (Å²) in [4.78, 5) is 0.409. The molecule has 112 valence electrons. The number of ether oxygens (including phenoxy) is 2. The number of hydrogen-bond donors (Lipinski definition) is 2. The highest BCUT2D eigenvalue weighted by Crippen LogP contribution is 2.26. The Morgan fingerprint density at radius 1 is 1.19 bits per heavy atom. The van der Waals surface area contributed by atoms with Crippen molar-refractivity contribution >= 4 is 33.7 Å².